The smallest absolute Gasteiger partial charge is 0.165 e. The summed E-state index contributed by atoms with van der Waals surface area (Å²) >= 11 is 0. The molecule has 0 aliphatic heterocycles. The molecule has 0 unspecified atom stereocenters. The Morgan fingerprint density at radius 3 is 2.67 bits per heavy atom. The molecule has 0 aromatic heterocycles. The van der Waals surface area contributed by atoms with Crippen molar-refractivity contribution in [3.8, 4) is 5.75 Å². The van der Waals surface area contributed by atoms with E-state index in [-0.39, 0.29) is 11.6 Å². The third-order valence-corrected chi connectivity index (χ3v) is 3.03. The van der Waals surface area contributed by atoms with Gasteiger partial charge in [0.05, 0.1) is 12.7 Å². The maximum Gasteiger partial charge on any atom is 0.165 e. The second-order valence-corrected chi connectivity index (χ2v) is 4.22. The molecule has 15 heavy (non-hydrogen) atoms. The Morgan fingerprint density at radius 2 is 2.20 bits per heavy atom. The summed E-state index contributed by atoms with van der Waals surface area (Å²) in [4.78, 5) is 0. The van der Waals surface area contributed by atoms with Crippen molar-refractivity contribution in [3.05, 3.63) is 29.6 Å². The van der Waals surface area contributed by atoms with Gasteiger partial charge in [-0.3, -0.25) is 0 Å². The van der Waals surface area contributed by atoms with Gasteiger partial charge in [-0.25, -0.2) is 4.39 Å². The first-order chi connectivity index (χ1) is 7.13. The molecule has 1 saturated carbocycles. The van der Waals surface area contributed by atoms with E-state index in [9.17, 15) is 9.50 Å². The maximum absolute atomic E-state index is 13.3. The molecule has 82 valence electrons. The Labute approximate surface area is 88.7 Å². The number of hydrogen-bond acceptors (Lipinski definition) is 2. The van der Waals surface area contributed by atoms with Crippen molar-refractivity contribution < 1.29 is 14.2 Å². The minimum Gasteiger partial charge on any atom is -0.494 e. The molecule has 3 heteroatoms. The van der Waals surface area contributed by atoms with Crippen LogP contribution in [0.4, 0.5) is 4.39 Å². The number of rotatable bonds is 3. The molecule has 0 bridgehead atoms. The van der Waals surface area contributed by atoms with Crippen molar-refractivity contribution in [1.82, 2.24) is 0 Å². The summed E-state index contributed by atoms with van der Waals surface area (Å²) in [6.45, 7) is 0. The zero-order valence-electron chi connectivity index (χ0n) is 8.79. The first-order valence-corrected chi connectivity index (χ1v) is 5.18. The van der Waals surface area contributed by atoms with E-state index in [1.54, 1.807) is 12.1 Å². The summed E-state index contributed by atoms with van der Waals surface area (Å²) in [6.07, 6.45) is 3.24. The number of benzene rings is 1. The molecule has 0 heterocycles. The van der Waals surface area contributed by atoms with E-state index in [0.29, 0.717) is 6.42 Å². The Bertz CT molecular complexity index is 359. The lowest BCUT2D eigenvalue weighted by molar-refractivity contribution is -0.0323. The fraction of sp³-hybridized carbons (Fsp3) is 0.500. The van der Waals surface area contributed by atoms with Gasteiger partial charge in [0, 0.05) is 6.42 Å². The highest BCUT2D eigenvalue weighted by atomic mass is 19.1. The second-order valence-electron chi connectivity index (χ2n) is 4.22. The van der Waals surface area contributed by atoms with Gasteiger partial charge in [-0.15, -0.1) is 0 Å². The summed E-state index contributed by atoms with van der Waals surface area (Å²) in [7, 11) is 1.44. The van der Waals surface area contributed by atoms with Crippen molar-refractivity contribution >= 4 is 0 Å². The average Bonchev–Trinajstić information content (AvgIpc) is 2.16. The third-order valence-electron chi connectivity index (χ3n) is 3.03. The first kappa shape index (κ1) is 10.4. The molecule has 0 spiro atoms. The van der Waals surface area contributed by atoms with Gasteiger partial charge in [0.15, 0.2) is 11.6 Å². The Balaban J connectivity index is 2.12. The number of aliphatic hydroxyl groups is 1. The number of halogens is 1. The monoisotopic (exact) mass is 210 g/mol. The van der Waals surface area contributed by atoms with Gasteiger partial charge in [0.1, 0.15) is 0 Å². The fourth-order valence-electron chi connectivity index (χ4n) is 1.96. The van der Waals surface area contributed by atoms with Crippen LogP contribution in [0, 0.1) is 5.82 Å². The van der Waals surface area contributed by atoms with E-state index in [2.05, 4.69) is 0 Å². The molecule has 1 aliphatic carbocycles. The van der Waals surface area contributed by atoms with Crippen LogP contribution in [0.5, 0.6) is 5.75 Å². The highest BCUT2D eigenvalue weighted by molar-refractivity contribution is 5.30. The molecule has 0 radical (unpaired) electrons. The Kier molecular flexibility index (Phi) is 2.65. The van der Waals surface area contributed by atoms with E-state index in [1.807, 2.05) is 0 Å². The highest BCUT2D eigenvalue weighted by Gasteiger charge is 2.34. The zero-order chi connectivity index (χ0) is 10.9. The van der Waals surface area contributed by atoms with Crippen LogP contribution in [0.3, 0.4) is 0 Å². The van der Waals surface area contributed by atoms with Crippen LogP contribution >= 0.6 is 0 Å². The van der Waals surface area contributed by atoms with Crippen LogP contribution in [0.25, 0.3) is 0 Å². The molecule has 1 N–H and O–H groups in total. The lowest BCUT2D eigenvalue weighted by Gasteiger charge is -2.36. The van der Waals surface area contributed by atoms with Crippen molar-refractivity contribution in [2.45, 2.75) is 31.3 Å². The molecule has 1 aromatic rings. The molecule has 1 aromatic carbocycles. The second kappa shape index (κ2) is 3.81. The minimum atomic E-state index is -0.596. The third kappa shape index (κ3) is 2.12. The van der Waals surface area contributed by atoms with Crippen LogP contribution < -0.4 is 4.74 Å². The van der Waals surface area contributed by atoms with Crippen molar-refractivity contribution in [3.63, 3.8) is 0 Å². The Morgan fingerprint density at radius 1 is 1.47 bits per heavy atom. The lowest BCUT2D eigenvalue weighted by atomic mass is 9.76. The molecule has 2 nitrogen and oxygen atoms in total. The lowest BCUT2D eigenvalue weighted by Crippen LogP contribution is -2.38. The molecule has 2 rings (SSSR count). The summed E-state index contributed by atoms with van der Waals surface area (Å²) in [5.41, 5.74) is 0.233. The van der Waals surface area contributed by atoms with Crippen LogP contribution in [0.2, 0.25) is 0 Å². The van der Waals surface area contributed by atoms with E-state index in [0.717, 1.165) is 24.8 Å². The summed E-state index contributed by atoms with van der Waals surface area (Å²) in [5.74, 6) is -0.114. The number of ether oxygens (including phenoxy) is 1. The molecular weight excluding hydrogens is 195 g/mol. The fourth-order valence-corrected chi connectivity index (χ4v) is 1.96. The number of hydrogen-bond donors (Lipinski definition) is 1. The number of methoxy groups -OCH3 is 1. The van der Waals surface area contributed by atoms with Crippen molar-refractivity contribution in [2.75, 3.05) is 7.11 Å². The molecule has 0 saturated heterocycles. The molecule has 0 atom stereocenters. The summed E-state index contributed by atoms with van der Waals surface area (Å²) in [5, 5.41) is 9.93. The molecule has 0 amide bonds. The molecule has 1 aliphatic rings. The predicted octanol–water partition coefficient (Wildman–Crippen LogP) is 2.29. The first-order valence-electron chi connectivity index (χ1n) is 5.18. The van der Waals surface area contributed by atoms with Gasteiger partial charge in [-0.05, 0) is 37.0 Å². The predicted molar refractivity (Wildman–Crippen MR) is 55.5 cm³/mol. The Hall–Kier alpha value is -1.09. The summed E-state index contributed by atoms with van der Waals surface area (Å²) < 4.78 is 18.2. The highest BCUT2D eigenvalue weighted by Crippen LogP contribution is 2.35. The van der Waals surface area contributed by atoms with Gasteiger partial charge < -0.3 is 9.84 Å². The maximum atomic E-state index is 13.3. The van der Waals surface area contributed by atoms with Gasteiger partial charge in [-0.2, -0.15) is 0 Å². The van der Waals surface area contributed by atoms with Crippen molar-refractivity contribution in [1.29, 1.82) is 0 Å². The average molecular weight is 210 g/mol. The topological polar surface area (TPSA) is 29.5 Å². The largest absolute Gasteiger partial charge is 0.494 e. The van der Waals surface area contributed by atoms with Crippen LogP contribution in [0.1, 0.15) is 24.8 Å². The summed E-state index contributed by atoms with van der Waals surface area (Å²) in [6, 6.07) is 4.85. The molecular formula is C12H15FO2. The van der Waals surface area contributed by atoms with Crippen molar-refractivity contribution in [2.24, 2.45) is 0 Å². The van der Waals surface area contributed by atoms with E-state index in [1.165, 1.54) is 13.2 Å². The van der Waals surface area contributed by atoms with Gasteiger partial charge in [0.2, 0.25) is 0 Å². The van der Waals surface area contributed by atoms with Crippen LogP contribution in [0.15, 0.2) is 18.2 Å². The van der Waals surface area contributed by atoms with Gasteiger partial charge in [0.25, 0.3) is 0 Å². The van der Waals surface area contributed by atoms with Gasteiger partial charge >= 0.3 is 0 Å². The zero-order valence-corrected chi connectivity index (χ0v) is 8.79. The molecule has 1 fully saturated rings. The standard InChI is InChI=1S/C12H15FO2/c1-15-11-4-3-9(7-10(11)13)8-12(14)5-2-6-12/h3-4,7,14H,2,5-6,8H2,1H3. The SMILES string of the molecule is COc1ccc(CC2(O)CCC2)cc1F. The van der Waals surface area contributed by atoms with Crippen LogP contribution in [-0.2, 0) is 6.42 Å². The normalized spacial score (nSPS) is 18.3. The minimum absolute atomic E-state index is 0.249. The quantitative estimate of drug-likeness (QED) is 0.829. The van der Waals surface area contributed by atoms with Gasteiger partial charge in [-0.1, -0.05) is 6.07 Å². The van der Waals surface area contributed by atoms with E-state index in [4.69, 9.17) is 4.74 Å². The van der Waals surface area contributed by atoms with E-state index >= 15 is 0 Å². The van der Waals surface area contributed by atoms with Crippen LogP contribution in [-0.4, -0.2) is 17.8 Å². The van der Waals surface area contributed by atoms with E-state index < -0.39 is 5.60 Å².